The molecule has 2 amide bonds. The number of benzene rings is 2. The van der Waals surface area contributed by atoms with E-state index in [1.54, 1.807) is 11.3 Å². The third-order valence-electron chi connectivity index (χ3n) is 5.95. The Bertz CT molecular complexity index is 1210. The molecule has 1 fully saturated rings. The predicted octanol–water partition coefficient (Wildman–Crippen LogP) is 5.04. The number of thiazole rings is 1. The quantitative estimate of drug-likeness (QED) is 0.434. The van der Waals surface area contributed by atoms with Crippen molar-refractivity contribution in [2.45, 2.75) is 26.8 Å². The maximum atomic E-state index is 12.0. The molecule has 182 valence electrons. The van der Waals surface area contributed by atoms with E-state index < -0.39 is 0 Å². The van der Waals surface area contributed by atoms with Crippen molar-refractivity contribution in [2.24, 2.45) is 0 Å². The van der Waals surface area contributed by atoms with Gasteiger partial charge in [-0.15, -0.1) is 11.3 Å². The lowest BCUT2D eigenvalue weighted by Gasteiger charge is -2.34. The van der Waals surface area contributed by atoms with Crippen molar-refractivity contribution in [2.75, 3.05) is 36.8 Å². The van der Waals surface area contributed by atoms with Crippen molar-refractivity contribution < 1.29 is 9.59 Å². The Hall–Kier alpha value is -3.49. The van der Waals surface area contributed by atoms with Gasteiger partial charge in [0.25, 0.3) is 0 Å². The highest BCUT2D eigenvalue weighted by Crippen LogP contribution is 2.30. The van der Waals surface area contributed by atoms with Crippen LogP contribution in [0.25, 0.3) is 11.1 Å². The maximum Gasteiger partial charge on any atom is 0.247 e. The molecule has 2 aromatic carbocycles. The minimum Gasteiger partial charge on any atom is -0.340 e. The van der Waals surface area contributed by atoms with Gasteiger partial charge in [-0.25, -0.2) is 4.98 Å². The molecule has 0 saturated carbocycles. The Morgan fingerprint density at radius 3 is 2.54 bits per heavy atom. The second-order valence-corrected chi connectivity index (χ2v) is 9.84. The average Bonchev–Trinajstić information content (AvgIpc) is 3.28. The summed E-state index contributed by atoms with van der Waals surface area (Å²) in [6.07, 6.45) is 3.68. The molecule has 0 atom stereocenters. The van der Waals surface area contributed by atoms with Crippen LogP contribution in [0.2, 0.25) is 0 Å². The van der Waals surface area contributed by atoms with E-state index in [1.165, 1.54) is 11.6 Å². The molecule has 0 radical (unpaired) electrons. The normalized spacial score (nSPS) is 13.9. The summed E-state index contributed by atoms with van der Waals surface area (Å²) in [6.45, 7) is 11.5. The van der Waals surface area contributed by atoms with Crippen LogP contribution < -0.4 is 10.6 Å². The third-order valence-corrected chi connectivity index (χ3v) is 6.78. The van der Waals surface area contributed by atoms with Crippen LogP contribution >= 0.6 is 11.3 Å². The van der Waals surface area contributed by atoms with Gasteiger partial charge in [-0.2, -0.15) is 0 Å². The smallest absolute Gasteiger partial charge is 0.247 e. The van der Waals surface area contributed by atoms with Gasteiger partial charge in [0.2, 0.25) is 11.8 Å². The molecule has 0 unspecified atom stereocenters. The molecule has 7 nitrogen and oxygen atoms in total. The van der Waals surface area contributed by atoms with Crippen LogP contribution in [0, 0.1) is 6.92 Å². The molecular formula is C27H31N5O2S. The van der Waals surface area contributed by atoms with Gasteiger partial charge in [0.05, 0.1) is 0 Å². The van der Waals surface area contributed by atoms with Gasteiger partial charge in [-0.3, -0.25) is 14.5 Å². The van der Waals surface area contributed by atoms with E-state index in [9.17, 15) is 9.59 Å². The third kappa shape index (κ3) is 6.55. The first-order valence-electron chi connectivity index (χ1n) is 11.8. The van der Waals surface area contributed by atoms with Gasteiger partial charge in [0, 0.05) is 61.6 Å². The molecule has 2 heterocycles. The molecule has 1 saturated heterocycles. The zero-order valence-corrected chi connectivity index (χ0v) is 21.0. The lowest BCUT2D eigenvalue weighted by molar-refractivity contribution is -0.132. The van der Waals surface area contributed by atoms with Gasteiger partial charge in [0.1, 0.15) is 0 Å². The monoisotopic (exact) mass is 489 g/mol. The van der Waals surface area contributed by atoms with E-state index in [1.807, 2.05) is 49.2 Å². The van der Waals surface area contributed by atoms with E-state index in [2.05, 4.69) is 45.3 Å². The number of aromatic nitrogens is 1. The van der Waals surface area contributed by atoms with Crippen molar-refractivity contribution in [1.29, 1.82) is 0 Å². The van der Waals surface area contributed by atoms with Crippen LogP contribution in [0.3, 0.4) is 0 Å². The van der Waals surface area contributed by atoms with E-state index in [-0.39, 0.29) is 11.8 Å². The molecule has 1 aliphatic rings. The Kier molecular flexibility index (Phi) is 7.94. The Morgan fingerprint density at radius 1 is 1.09 bits per heavy atom. The number of carbonyl (C=O) groups excluding carboxylic acids is 2. The summed E-state index contributed by atoms with van der Waals surface area (Å²) in [5.41, 5.74) is 4.92. The molecule has 3 aromatic rings. The fourth-order valence-corrected chi connectivity index (χ4v) is 4.85. The van der Waals surface area contributed by atoms with Crippen molar-refractivity contribution in [3.05, 3.63) is 71.8 Å². The zero-order valence-electron chi connectivity index (χ0n) is 20.2. The number of carbonyl (C=O) groups is 2. The molecule has 0 aliphatic carbocycles. The van der Waals surface area contributed by atoms with Gasteiger partial charge in [-0.05, 0) is 60.0 Å². The molecule has 2 N–H and O–H groups in total. The fourth-order valence-electron chi connectivity index (χ4n) is 4.17. The fraction of sp³-hybridized carbons (Fsp3) is 0.296. The summed E-state index contributed by atoms with van der Waals surface area (Å²) in [5, 5.41) is 7.14. The van der Waals surface area contributed by atoms with Crippen LogP contribution in [0.5, 0.6) is 0 Å². The molecule has 0 spiro atoms. The standard InChI is InChI=1S/C27H31N5O2S/c1-4-25(33)29-23-8-6-7-21(15-23)22-13-20(14-24(16-22)30-27-28-17-19(3)35-27)18-31-9-11-32(12-10-31)26(34)5-2/h4,6-8,13-17H,1,5,9-12,18H2,2-3H3,(H,28,30)(H,29,33). The molecular weight excluding hydrogens is 458 g/mol. The zero-order chi connectivity index (χ0) is 24.8. The topological polar surface area (TPSA) is 77.6 Å². The second-order valence-electron chi connectivity index (χ2n) is 8.60. The number of amides is 2. The van der Waals surface area contributed by atoms with Crippen LogP contribution in [0.4, 0.5) is 16.5 Å². The van der Waals surface area contributed by atoms with Crippen LogP contribution in [0.1, 0.15) is 23.8 Å². The largest absolute Gasteiger partial charge is 0.340 e. The first-order valence-corrected chi connectivity index (χ1v) is 12.6. The first kappa shape index (κ1) is 24.6. The minimum atomic E-state index is -0.238. The lowest BCUT2D eigenvalue weighted by Crippen LogP contribution is -2.48. The van der Waals surface area contributed by atoms with Gasteiger partial charge < -0.3 is 15.5 Å². The molecule has 1 aromatic heterocycles. The highest BCUT2D eigenvalue weighted by molar-refractivity contribution is 7.15. The van der Waals surface area contributed by atoms with Gasteiger partial charge in [-0.1, -0.05) is 25.6 Å². The summed E-state index contributed by atoms with van der Waals surface area (Å²) in [7, 11) is 0. The summed E-state index contributed by atoms with van der Waals surface area (Å²) in [6, 6.07) is 14.3. The summed E-state index contributed by atoms with van der Waals surface area (Å²) < 4.78 is 0. The highest BCUT2D eigenvalue weighted by Gasteiger charge is 2.20. The van der Waals surface area contributed by atoms with Crippen molar-refractivity contribution in [3.8, 4) is 11.1 Å². The van der Waals surface area contributed by atoms with E-state index in [0.29, 0.717) is 6.42 Å². The summed E-state index contributed by atoms with van der Waals surface area (Å²) in [4.78, 5) is 33.7. The minimum absolute atomic E-state index is 0.223. The highest BCUT2D eigenvalue weighted by atomic mass is 32.1. The van der Waals surface area contributed by atoms with Crippen LogP contribution in [0.15, 0.2) is 61.3 Å². The first-order chi connectivity index (χ1) is 16.9. The van der Waals surface area contributed by atoms with E-state index >= 15 is 0 Å². The molecule has 1 aliphatic heterocycles. The molecule has 8 heteroatoms. The van der Waals surface area contributed by atoms with Gasteiger partial charge >= 0.3 is 0 Å². The number of piperazine rings is 1. The van der Waals surface area contributed by atoms with Crippen LogP contribution in [-0.4, -0.2) is 52.8 Å². The van der Waals surface area contributed by atoms with Crippen molar-refractivity contribution in [1.82, 2.24) is 14.8 Å². The summed E-state index contributed by atoms with van der Waals surface area (Å²) >= 11 is 1.62. The second kappa shape index (κ2) is 11.3. The Balaban J connectivity index is 1.59. The Labute approximate surface area is 210 Å². The number of aryl methyl sites for hydroxylation is 1. The summed E-state index contributed by atoms with van der Waals surface area (Å²) in [5.74, 6) is -0.0154. The van der Waals surface area contributed by atoms with Crippen molar-refractivity contribution in [3.63, 3.8) is 0 Å². The van der Waals surface area contributed by atoms with Crippen molar-refractivity contribution >= 4 is 39.7 Å². The SMILES string of the molecule is C=CC(=O)Nc1cccc(-c2cc(CN3CCN(C(=O)CC)CC3)cc(Nc3ncc(C)s3)c2)c1. The van der Waals surface area contributed by atoms with Gasteiger partial charge in [0.15, 0.2) is 5.13 Å². The predicted molar refractivity (Wildman–Crippen MR) is 143 cm³/mol. The number of anilines is 3. The molecule has 0 bridgehead atoms. The lowest BCUT2D eigenvalue weighted by atomic mass is 10.0. The molecule has 4 rings (SSSR count). The number of hydrogen-bond donors (Lipinski definition) is 2. The van der Waals surface area contributed by atoms with E-state index in [4.69, 9.17) is 0 Å². The average molecular weight is 490 g/mol. The number of hydrogen-bond acceptors (Lipinski definition) is 6. The number of nitrogens with one attached hydrogen (secondary N) is 2. The van der Waals surface area contributed by atoms with Crippen LogP contribution in [-0.2, 0) is 16.1 Å². The molecule has 35 heavy (non-hydrogen) atoms. The Morgan fingerprint density at radius 2 is 1.86 bits per heavy atom. The van der Waals surface area contributed by atoms with E-state index in [0.717, 1.165) is 65.2 Å². The maximum absolute atomic E-state index is 12.0. The number of nitrogens with zero attached hydrogens (tertiary/aromatic N) is 3. The number of rotatable bonds is 8.